The van der Waals surface area contributed by atoms with Crippen LogP contribution in [0.25, 0.3) is 0 Å². The van der Waals surface area contributed by atoms with Gasteiger partial charge in [-0.05, 0) is 55.5 Å². The zero-order chi connectivity index (χ0) is 23.6. The number of carbonyl (C=O) groups excluding carboxylic acids is 2. The lowest BCUT2D eigenvalue weighted by Gasteiger charge is -2.16. The number of carbonyl (C=O) groups is 2. The monoisotopic (exact) mass is 488 g/mol. The van der Waals surface area contributed by atoms with Crippen LogP contribution in [0.5, 0.6) is 17.2 Å². The quantitative estimate of drug-likeness (QED) is 0.337. The van der Waals surface area contributed by atoms with E-state index in [2.05, 4.69) is 10.9 Å². The molecule has 0 heterocycles. The molecule has 172 valence electrons. The molecule has 0 radical (unpaired) electrons. The molecule has 2 amide bonds. The topological polar surface area (TPSA) is 85.9 Å². The first-order chi connectivity index (χ1) is 15.9. The van der Waals surface area contributed by atoms with Crippen molar-refractivity contribution >= 4 is 35.0 Å². The molecule has 3 rings (SSSR count). The first-order valence-electron chi connectivity index (χ1n) is 10.0. The lowest BCUT2D eigenvalue weighted by molar-refractivity contribution is -0.128. The summed E-state index contributed by atoms with van der Waals surface area (Å²) in [5, 5.41) is 0.726. The van der Waals surface area contributed by atoms with Crippen LogP contribution in [0.1, 0.15) is 17.3 Å². The molecule has 0 aliphatic carbocycles. The van der Waals surface area contributed by atoms with Crippen LogP contribution in [0.2, 0.25) is 10.0 Å². The third-order valence-corrected chi connectivity index (χ3v) is 4.86. The number of amides is 2. The number of hydrazine groups is 1. The van der Waals surface area contributed by atoms with Gasteiger partial charge in [-0.15, -0.1) is 0 Å². The minimum atomic E-state index is -0.914. The summed E-state index contributed by atoms with van der Waals surface area (Å²) in [6.45, 7) is 2.18. The average molecular weight is 489 g/mol. The summed E-state index contributed by atoms with van der Waals surface area (Å²) in [4.78, 5) is 24.7. The van der Waals surface area contributed by atoms with Crippen molar-refractivity contribution in [3.05, 3.63) is 88.4 Å². The van der Waals surface area contributed by atoms with E-state index in [-0.39, 0.29) is 5.02 Å². The molecular weight excluding hydrogens is 467 g/mol. The molecular formula is C24H22Cl2N2O5. The number of para-hydroxylation sites is 1. The summed E-state index contributed by atoms with van der Waals surface area (Å²) in [6, 6.07) is 20.6. The minimum Gasteiger partial charge on any atom is -0.490 e. The van der Waals surface area contributed by atoms with Crippen molar-refractivity contribution in [2.75, 3.05) is 13.2 Å². The van der Waals surface area contributed by atoms with Gasteiger partial charge in [-0.2, -0.15) is 0 Å². The maximum Gasteiger partial charge on any atom is 0.279 e. The van der Waals surface area contributed by atoms with Gasteiger partial charge in [0.25, 0.3) is 11.8 Å². The number of benzene rings is 3. The molecule has 0 bridgehead atoms. The predicted octanol–water partition coefficient (Wildman–Crippen LogP) is 4.68. The maximum absolute atomic E-state index is 12.4. The van der Waals surface area contributed by atoms with E-state index >= 15 is 0 Å². The van der Waals surface area contributed by atoms with E-state index in [1.165, 1.54) is 13.0 Å². The fraction of sp³-hybridized carbons (Fsp3) is 0.167. The lowest BCUT2D eigenvalue weighted by atomic mass is 10.2. The molecule has 33 heavy (non-hydrogen) atoms. The first-order valence-corrected chi connectivity index (χ1v) is 10.8. The van der Waals surface area contributed by atoms with E-state index in [1.54, 1.807) is 36.4 Å². The molecule has 0 fully saturated rings. The van der Waals surface area contributed by atoms with E-state index in [1.807, 2.05) is 30.3 Å². The first kappa shape index (κ1) is 24.2. The van der Waals surface area contributed by atoms with Crippen molar-refractivity contribution < 1.29 is 23.8 Å². The molecule has 0 saturated heterocycles. The van der Waals surface area contributed by atoms with Gasteiger partial charge in [0.15, 0.2) is 6.10 Å². The van der Waals surface area contributed by atoms with Gasteiger partial charge in [0, 0.05) is 10.6 Å². The van der Waals surface area contributed by atoms with Crippen LogP contribution in [-0.2, 0) is 4.79 Å². The van der Waals surface area contributed by atoms with Crippen molar-refractivity contribution in [2.24, 2.45) is 0 Å². The SMILES string of the molecule is CC(Oc1ccc(Cl)cc1Cl)C(=O)NNC(=O)c1cccc(OCCOc2ccccc2)c1. The summed E-state index contributed by atoms with van der Waals surface area (Å²) < 4.78 is 16.7. The molecule has 0 saturated carbocycles. The van der Waals surface area contributed by atoms with Gasteiger partial charge in [0.05, 0.1) is 5.02 Å². The normalized spacial score (nSPS) is 11.2. The summed E-state index contributed by atoms with van der Waals surface area (Å²) in [5.41, 5.74) is 4.99. The highest BCUT2D eigenvalue weighted by Crippen LogP contribution is 2.28. The summed E-state index contributed by atoms with van der Waals surface area (Å²) in [7, 11) is 0. The molecule has 0 aliphatic heterocycles. The Kier molecular flexibility index (Phi) is 8.80. The Labute approximate surface area is 201 Å². The maximum atomic E-state index is 12.4. The Balaban J connectivity index is 1.45. The van der Waals surface area contributed by atoms with Crippen LogP contribution in [0.3, 0.4) is 0 Å². The van der Waals surface area contributed by atoms with E-state index in [0.717, 1.165) is 5.75 Å². The summed E-state index contributed by atoms with van der Waals surface area (Å²) >= 11 is 11.9. The van der Waals surface area contributed by atoms with Crippen molar-refractivity contribution in [1.82, 2.24) is 10.9 Å². The number of rotatable bonds is 9. The number of halogens is 2. The lowest BCUT2D eigenvalue weighted by Crippen LogP contribution is -2.47. The highest BCUT2D eigenvalue weighted by atomic mass is 35.5. The molecule has 1 unspecified atom stereocenters. The van der Waals surface area contributed by atoms with Crippen LogP contribution in [-0.4, -0.2) is 31.1 Å². The summed E-state index contributed by atoms with van der Waals surface area (Å²) in [5.74, 6) is 0.489. The van der Waals surface area contributed by atoms with Crippen molar-refractivity contribution in [2.45, 2.75) is 13.0 Å². The number of ether oxygens (including phenoxy) is 3. The Morgan fingerprint density at radius 1 is 0.848 bits per heavy atom. The highest BCUT2D eigenvalue weighted by molar-refractivity contribution is 6.35. The molecule has 7 nitrogen and oxygen atoms in total. The van der Waals surface area contributed by atoms with Gasteiger partial charge in [0.1, 0.15) is 30.5 Å². The van der Waals surface area contributed by atoms with E-state index in [9.17, 15) is 9.59 Å². The van der Waals surface area contributed by atoms with E-state index < -0.39 is 17.9 Å². The largest absolute Gasteiger partial charge is 0.490 e. The molecule has 3 aromatic rings. The molecule has 0 spiro atoms. The predicted molar refractivity (Wildman–Crippen MR) is 126 cm³/mol. The van der Waals surface area contributed by atoms with E-state index in [4.69, 9.17) is 37.4 Å². The molecule has 3 aromatic carbocycles. The fourth-order valence-corrected chi connectivity index (χ4v) is 3.12. The third-order valence-electron chi connectivity index (χ3n) is 4.33. The van der Waals surface area contributed by atoms with Crippen LogP contribution in [0, 0.1) is 0 Å². The highest BCUT2D eigenvalue weighted by Gasteiger charge is 2.17. The smallest absolute Gasteiger partial charge is 0.279 e. The molecule has 9 heteroatoms. The second-order valence-corrected chi connectivity index (χ2v) is 7.66. The van der Waals surface area contributed by atoms with Gasteiger partial charge < -0.3 is 14.2 Å². The van der Waals surface area contributed by atoms with Gasteiger partial charge in [-0.25, -0.2) is 0 Å². The average Bonchev–Trinajstić information content (AvgIpc) is 2.82. The van der Waals surface area contributed by atoms with Crippen LogP contribution in [0.15, 0.2) is 72.8 Å². The van der Waals surface area contributed by atoms with Crippen molar-refractivity contribution in [1.29, 1.82) is 0 Å². The Bertz CT molecular complexity index is 1100. The van der Waals surface area contributed by atoms with Crippen molar-refractivity contribution in [3.8, 4) is 17.2 Å². The fourth-order valence-electron chi connectivity index (χ4n) is 2.67. The minimum absolute atomic E-state index is 0.275. The Morgan fingerprint density at radius 2 is 1.55 bits per heavy atom. The van der Waals surface area contributed by atoms with Gasteiger partial charge in [0.2, 0.25) is 0 Å². The number of nitrogens with one attached hydrogen (secondary N) is 2. The van der Waals surface area contributed by atoms with Gasteiger partial charge in [-0.3, -0.25) is 20.4 Å². The van der Waals surface area contributed by atoms with Crippen molar-refractivity contribution in [3.63, 3.8) is 0 Å². The standard InChI is InChI=1S/C24H22Cl2N2O5/c1-16(33-22-11-10-18(25)15-21(22)26)23(29)27-28-24(30)17-6-5-9-20(14-17)32-13-12-31-19-7-3-2-4-8-19/h2-11,14-16H,12-13H2,1H3,(H,27,29)(H,28,30). The zero-order valence-corrected chi connectivity index (χ0v) is 19.2. The zero-order valence-electron chi connectivity index (χ0n) is 17.7. The van der Waals surface area contributed by atoms with Gasteiger partial charge >= 0.3 is 0 Å². The Hall–Kier alpha value is -3.42. The summed E-state index contributed by atoms with van der Waals surface area (Å²) in [6.07, 6.45) is -0.914. The third kappa shape index (κ3) is 7.59. The molecule has 1 atom stereocenters. The molecule has 0 aliphatic rings. The Morgan fingerprint density at radius 3 is 2.27 bits per heavy atom. The second-order valence-electron chi connectivity index (χ2n) is 6.82. The number of hydrogen-bond acceptors (Lipinski definition) is 5. The molecule has 0 aromatic heterocycles. The number of hydrogen-bond donors (Lipinski definition) is 2. The van der Waals surface area contributed by atoms with Crippen LogP contribution < -0.4 is 25.1 Å². The van der Waals surface area contributed by atoms with E-state index in [0.29, 0.717) is 35.3 Å². The van der Waals surface area contributed by atoms with Crippen LogP contribution in [0.4, 0.5) is 0 Å². The van der Waals surface area contributed by atoms with Gasteiger partial charge in [-0.1, -0.05) is 47.5 Å². The second kappa shape index (κ2) is 12.0. The molecule has 2 N–H and O–H groups in total. The van der Waals surface area contributed by atoms with Crippen LogP contribution >= 0.6 is 23.2 Å².